The van der Waals surface area contributed by atoms with Gasteiger partial charge in [0.05, 0.1) is 0 Å². The van der Waals surface area contributed by atoms with Crippen LogP contribution in [0.4, 0.5) is 0 Å². The van der Waals surface area contributed by atoms with Crippen molar-refractivity contribution in [2.75, 3.05) is 26.7 Å². The van der Waals surface area contributed by atoms with Crippen molar-refractivity contribution in [1.82, 2.24) is 9.80 Å². The van der Waals surface area contributed by atoms with E-state index in [1.807, 2.05) is 12.1 Å². The van der Waals surface area contributed by atoms with Crippen molar-refractivity contribution in [3.8, 4) is 5.75 Å². The molecular formula is C14H22N2O. The van der Waals surface area contributed by atoms with Gasteiger partial charge in [0, 0.05) is 31.7 Å². The van der Waals surface area contributed by atoms with E-state index in [9.17, 15) is 5.11 Å². The third kappa shape index (κ3) is 2.79. The minimum atomic E-state index is 0.340. The molecule has 1 fully saturated rings. The molecule has 0 bridgehead atoms. The maximum absolute atomic E-state index is 9.32. The zero-order chi connectivity index (χ0) is 12.4. The third-order valence-corrected chi connectivity index (χ3v) is 3.75. The Bertz CT molecular complexity index is 363. The molecule has 1 aromatic rings. The topological polar surface area (TPSA) is 26.7 Å². The summed E-state index contributed by atoms with van der Waals surface area (Å²) in [5.74, 6) is 0.340. The molecule has 2 rings (SSSR count). The van der Waals surface area contributed by atoms with E-state index in [0.717, 1.165) is 19.6 Å². The zero-order valence-electron chi connectivity index (χ0n) is 10.9. The van der Waals surface area contributed by atoms with Gasteiger partial charge in [-0.2, -0.15) is 0 Å². The molecule has 0 radical (unpaired) electrons. The number of piperazine rings is 1. The van der Waals surface area contributed by atoms with Crippen LogP contribution in [-0.4, -0.2) is 47.6 Å². The van der Waals surface area contributed by atoms with E-state index in [4.69, 9.17) is 0 Å². The van der Waals surface area contributed by atoms with Crippen LogP contribution in [0.3, 0.4) is 0 Å². The standard InChI is InChI=1S/C14H22N2O/c1-11-10-15(3)8-9-16(11)12(2)13-4-6-14(17)7-5-13/h4-7,11-12,17H,8-10H2,1-3H3. The summed E-state index contributed by atoms with van der Waals surface area (Å²) in [7, 11) is 2.18. The zero-order valence-corrected chi connectivity index (χ0v) is 10.9. The Hall–Kier alpha value is -1.06. The van der Waals surface area contributed by atoms with Crippen LogP contribution in [0.2, 0.25) is 0 Å². The number of phenolic OH excluding ortho intramolecular Hbond substituents is 1. The van der Waals surface area contributed by atoms with Crippen LogP contribution in [0.1, 0.15) is 25.5 Å². The molecule has 94 valence electrons. The maximum atomic E-state index is 9.32. The highest BCUT2D eigenvalue weighted by Gasteiger charge is 2.26. The first-order valence-electron chi connectivity index (χ1n) is 6.31. The minimum absolute atomic E-state index is 0.340. The Morgan fingerprint density at radius 2 is 1.88 bits per heavy atom. The molecule has 3 nitrogen and oxygen atoms in total. The van der Waals surface area contributed by atoms with Gasteiger partial charge in [0.1, 0.15) is 5.75 Å². The summed E-state index contributed by atoms with van der Waals surface area (Å²) < 4.78 is 0. The molecule has 1 aliphatic heterocycles. The van der Waals surface area contributed by atoms with Gasteiger partial charge >= 0.3 is 0 Å². The first kappa shape index (κ1) is 12.4. The van der Waals surface area contributed by atoms with Crippen molar-refractivity contribution in [1.29, 1.82) is 0 Å². The number of likely N-dealkylation sites (N-methyl/N-ethyl adjacent to an activating group) is 1. The van der Waals surface area contributed by atoms with Crippen molar-refractivity contribution in [3.05, 3.63) is 29.8 Å². The van der Waals surface area contributed by atoms with Crippen LogP contribution in [0, 0.1) is 0 Å². The van der Waals surface area contributed by atoms with Crippen LogP contribution in [0.25, 0.3) is 0 Å². The number of phenols is 1. The Kier molecular flexibility index (Phi) is 3.69. The summed E-state index contributed by atoms with van der Waals surface area (Å²) in [6, 6.07) is 8.58. The average molecular weight is 234 g/mol. The molecule has 17 heavy (non-hydrogen) atoms. The summed E-state index contributed by atoms with van der Waals surface area (Å²) in [6.45, 7) is 7.90. The Morgan fingerprint density at radius 3 is 2.47 bits per heavy atom. The van der Waals surface area contributed by atoms with Crippen molar-refractivity contribution in [2.24, 2.45) is 0 Å². The van der Waals surface area contributed by atoms with E-state index in [1.165, 1.54) is 5.56 Å². The molecule has 1 saturated heterocycles. The molecule has 3 heteroatoms. The molecule has 0 amide bonds. The van der Waals surface area contributed by atoms with Gasteiger partial charge in [-0.05, 0) is 38.6 Å². The fourth-order valence-corrected chi connectivity index (χ4v) is 2.67. The summed E-state index contributed by atoms with van der Waals surface area (Å²) in [4.78, 5) is 4.91. The van der Waals surface area contributed by atoms with E-state index in [-0.39, 0.29) is 0 Å². The molecule has 2 unspecified atom stereocenters. The molecule has 1 aliphatic rings. The Labute approximate surface area is 104 Å². The molecule has 1 heterocycles. The van der Waals surface area contributed by atoms with Crippen molar-refractivity contribution >= 4 is 0 Å². The van der Waals surface area contributed by atoms with E-state index < -0.39 is 0 Å². The normalized spacial score (nSPS) is 24.8. The van der Waals surface area contributed by atoms with E-state index >= 15 is 0 Å². The summed E-state index contributed by atoms with van der Waals surface area (Å²) in [5, 5.41) is 9.32. The quantitative estimate of drug-likeness (QED) is 0.849. The second-order valence-corrected chi connectivity index (χ2v) is 5.12. The number of nitrogens with zero attached hydrogens (tertiary/aromatic N) is 2. The van der Waals surface area contributed by atoms with E-state index in [2.05, 4.69) is 30.7 Å². The lowest BCUT2D eigenvalue weighted by Crippen LogP contribution is -2.51. The Balaban J connectivity index is 2.09. The van der Waals surface area contributed by atoms with Gasteiger partial charge < -0.3 is 10.0 Å². The average Bonchev–Trinajstić information content (AvgIpc) is 2.29. The largest absolute Gasteiger partial charge is 0.508 e. The van der Waals surface area contributed by atoms with Gasteiger partial charge in [-0.3, -0.25) is 4.90 Å². The monoisotopic (exact) mass is 234 g/mol. The lowest BCUT2D eigenvalue weighted by Gasteiger charge is -2.41. The predicted molar refractivity (Wildman–Crippen MR) is 70.2 cm³/mol. The van der Waals surface area contributed by atoms with Crippen LogP contribution in [-0.2, 0) is 0 Å². The fraction of sp³-hybridized carbons (Fsp3) is 0.571. The Morgan fingerprint density at radius 1 is 1.24 bits per heavy atom. The minimum Gasteiger partial charge on any atom is -0.508 e. The summed E-state index contributed by atoms with van der Waals surface area (Å²) in [5.41, 5.74) is 1.28. The smallest absolute Gasteiger partial charge is 0.115 e. The number of rotatable bonds is 2. The van der Waals surface area contributed by atoms with Crippen LogP contribution >= 0.6 is 0 Å². The van der Waals surface area contributed by atoms with Gasteiger partial charge in [0.25, 0.3) is 0 Å². The van der Waals surface area contributed by atoms with E-state index in [1.54, 1.807) is 12.1 Å². The number of hydrogen-bond acceptors (Lipinski definition) is 3. The lowest BCUT2D eigenvalue weighted by atomic mass is 10.0. The molecule has 1 aromatic carbocycles. The number of aromatic hydroxyl groups is 1. The molecule has 0 spiro atoms. The first-order valence-corrected chi connectivity index (χ1v) is 6.31. The van der Waals surface area contributed by atoms with Crippen LogP contribution in [0.15, 0.2) is 24.3 Å². The molecule has 0 aliphatic carbocycles. The van der Waals surface area contributed by atoms with Crippen LogP contribution < -0.4 is 0 Å². The van der Waals surface area contributed by atoms with Gasteiger partial charge in [-0.25, -0.2) is 0 Å². The second kappa shape index (κ2) is 5.07. The van der Waals surface area contributed by atoms with Gasteiger partial charge in [0.2, 0.25) is 0 Å². The lowest BCUT2D eigenvalue weighted by molar-refractivity contribution is 0.0673. The highest BCUT2D eigenvalue weighted by Crippen LogP contribution is 2.25. The SMILES string of the molecule is CC1CN(C)CCN1C(C)c1ccc(O)cc1. The predicted octanol–water partition coefficient (Wildman–Crippen LogP) is 2.09. The van der Waals surface area contributed by atoms with Crippen molar-refractivity contribution in [3.63, 3.8) is 0 Å². The highest BCUT2D eigenvalue weighted by molar-refractivity contribution is 5.27. The van der Waals surface area contributed by atoms with Gasteiger partial charge in [-0.1, -0.05) is 12.1 Å². The summed E-state index contributed by atoms with van der Waals surface area (Å²) in [6.07, 6.45) is 0. The molecular weight excluding hydrogens is 212 g/mol. The summed E-state index contributed by atoms with van der Waals surface area (Å²) >= 11 is 0. The van der Waals surface area contributed by atoms with Crippen molar-refractivity contribution < 1.29 is 5.11 Å². The second-order valence-electron chi connectivity index (χ2n) is 5.12. The molecule has 1 N–H and O–H groups in total. The molecule has 0 saturated carbocycles. The maximum Gasteiger partial charge on any atom is 0.115 e. The highest BCUT2D eigenvalue weighted by atomic mass is 16.3. The van der Waals surface area contributed by atoms with Crippen LogP contribution in [0.5, 0.6) is 5.75 Å². The first-order chi connectivity index (χ1) is 8.08. The fourth-order valence-electron chi connectivity index (χ4n) is 2.67. The van der Waals surface area contributed by atoms with Gasteiger partial charge in [-0.15, -0.1) is 0 Å². The molecule has 0 aromatic heterocycles. The number of benzene rings is 1. The number of hydrogen-bond donors (Lipinski definition) is 1. The third-order valence-electron chi connectivity index (χ3n) is 3.75. The van der Waals surface area contributed by atoms with Crippen molar-refractivity contribution in [2.45, 2.75) is 25.9 Å². The molecule has 2 atom stereocenters. The van der Waals surface area contributed by atoms with E-state index in [0.29, 0.717) is 17.8 Å². The van der Waals surface area contributed by atoms with Gasteiger partial charge in [0.15, 0.2) is 0 Å².